The largest absolute Gasteiger partial charge is 0.480 e. The molecule has 0 unspecified atom stereocenters. The average Bonchev–Trinajstić information content (AvgIpc) is 3.34. The molecule has 0 aliphatic rings. The number of carbonyl (C=O) groups excluding carboxylic acids is 7. The first-order chi connectivity index (χ1) is 33.6. The summed E-state index contributed by atoms with van der Waals surface area (Å²) >= 11 is 0. The molecule has 4 rings (SSSR count). The van der Waals surface area contributed by atoms with Crippen molar-refractivity contribution in [2.45, 2.75) is 97.3 Å². The van der Waals surface area contributed by atoms with Gasteiger partial charge < -0.3 is 43.4 Å². The van der Waals surface area contributed by atoms with Crippen LogP contribution in [-0.2, 0) is 75.3 Å². The highest BCUT2D eigenvalue weighted by Gasteiger charge is 2.21. The van der Waals surface area contributed by atoms with Gasteiger partial charge in [0.15, 0.2) is 11.6 Å². The van der Waals surface area contributed by atoms with Gasteiger partial charge in [-0.05, 0) is 66.0 Å². The maximum absolute atomic E-state index is 11.8. The lowest BCUT2D eigenvalue weighted by Crippen LogP contribution is -2.32. The molecule has 72 heavy (non-hydrogen) atoms. The van der Waals surface area contributed by atoms with Crippen LogP contribution in [0, 0.1) is 5.92 Å². The predicted molar refractivity (Wildman–Crippen MR) is 266 cm³/mol. The van der Waals surface area contributed by atoms with Crippen molar-refractivity contribution in [3.8, 4) is 0 Å². The molecule has 0 heterocycles. The zero-order chi connectivity index (χ0) is 55.0. The topological polar surface area (TPSA) is 373 Å². The maximum atomic E-state index is 11.8. The fourth-order valence-corrected chi connectivity index (χ4v) is 5.82. The van der Waals surface area contributed by atoms with Crippen molar-refractivity contribution in [1.82, 2.24) is 0 Å². The lowest BCUT2D eigenvalue weighted by atomic mass is 9.97. The van der Waals surface area contributed by atoms with E-state index in [4.69, 9.17) is 43.4 Å². The number of allylic oxidation sites excluding steroid dienone is 1. The Morgan fingerprint density at radius 3 is 0.972 bits per heavy atom. The van der Waals surface area contributed by atoms with Gasteiger partial charge in [-0.15, -0.1) is 0 Å². The van der Waals surface area contributed by atoms with Gasteiger partial charge in [0.05, 0.1) is 0 Å². The number of nitrogens with two attached hydrogens (primary N) is 4. The van der Waals surface area contributed by atoms with Crippen molar-refractivity contribution in [1.29, 1.82) is 0 Å². The van der Waals surface area contributed by atoms with E-state index in [1.165, 1.54) is 38.1 Å². The van der Waals surface area contributed by atoms with Crippen LogP contribution in [0.25, 0.3) is 5.57 Å². The molecule has 4 aromatic rings. The van der Waals surface area contributed by atoms with E-state index in [1.54, 1.807) is 93.6 Å². The third kappa shape index (κ3) is 22.2. The SMILES string of the molecule is C=C(C(C)=O)c1ccc(C[C@H](N)C(=O)O)cc1.CC(=O)C(=O)Cc1ccc(C[C@H](N)C(=O)O)cc1.CC(C)C(=O)C(=O)c1ccc(C[C@H](N)C(=O)O)cc1.CCC(=O)C(=O)c1ccc(C[C@H](N)C(=O)O)cc1. The Kier molecular flexibility index (Phi) is 26.4. The first-order valence-electron chi connectivity index (χ1n) is 22.3. The second-order valence-electron chi connectivity index (χ2n) is 16.6. The Balaban J connectivity index is 0.000000480. The highest BCUT2D eigenvalue weighted by atomic mass is 16.4. The van der Waals surface area contributed by atoms with Gasteiger partial charge in [-0.25, -0.2) is 0 Å². The number of aliphatic carboxylic acids is 4. The highest BCUT2D eigenvalue weighted by molar-refractivity contribution is 6.44. The molecule has 0 bridgehead atoms. The average molecular weight is 995 g/mol. The number of benzene rings is 4. The molecule has 0 saturated carbocycles. The third-order valence-electron chi connectivity index (χ3n) is 10.4. The molecule has 19 nitrogen and oxygen atoms in total. The Morgan fingerprint density at radius 1 is 0.431 bits per heavy atom. The van der Waals surface area contributed by atoms with Crippen LogP contribution in [0.4, 0.5) is 0 Å². The van der Waals surface area contributed by atoms with Crippen LogP contribution in [0.2, 0.25) is 0 Å². The Bertz CT molecular complexity index is 2590. The van der Waals surface area contributed by atoms with Gasteiger partial charge >= 0.3 is 23.9 Å². The van der Waals surface area contributed by atoms with Crippen LogP contribution in [-0.4, -0.2) is 109 Å². The molecule has 0 saturated heterocycles. The summed E-state index contributed by atoms with van der Waals surface area (Å²) in [6.45, 7) is 11.3. The summed E-state index contributed by atoms with van der Waals surface area (Å²) in [7, 11) is 0. The summed E-state index contributed by atoms with van der Waals surface area (Å²) in [4.78, 5) is 122. The molecule has 19 heteroatoms. The zero-order valence-corrected chi connectivity index (χ0v) is 40.7. The third-order valence-corrected chi connectivity index (χ3v) is 10.4. The number of ketones is 7. The second-order valence-corrected chi connectivity index (χ2v) is 16.6. The second kappa shape index (κ2) is 30.6. The maximum Gasteiger partial charge on any atom is 0.320 e. The van der Waals surface area contributed by atoms with Crippen molar-refractivity contribution in [3.63, 3.8) is 0 Å². The number of carboxylic acids is 4. The van der Waals surface area contributed by atoms with Crippen molar-refractivity contribution in [2.24, 2.45) is 28.9 Å². The molecule has 4 atom stereocenters. The van der Waals surface area contributed by atoms with E-state index < -0.39 is 82.7 Å². The normalized spacial score (nSPS) is 12.0. The number of Topliss-reactive ketones (excluding diaryl/α,β-unsaturated/α-hetero) is 7. The number of rotatable bonds is 23. The molecule has 0 aliphatic carbocycles. The summed E-state index contributed by atoms with van der Waals surface area (Å²) in [5.41, 5.74) is 27.2. The summed E-state index contributed by atoms with van der Waals surface area (Å²) < 4.78 is 0. The van der Waals surface area contributed by atoms with Crippen LogP contribution in [0.5, 0.6) is 0 Å². The van der Waals surface area contributed by atoms with E-state index in [-0.39, 0.29) is 50.2 Å². The van der Waals surface area contributed by atoms with E-state index >= 15 is 0 Å². The molecule has 0 amide bonds. The minimum Gasteiger partial charge on any atom is -0.480 e. The summed E-state index contributed by atoms with van der Waals surface area (Å²) in [6.07, 6.45) is 1.11. The minimum absolute atomic E-state index is 0.0700. The van der Waals surface area contributed by atoms with Crippen LogP contribution in [0.15, 0.2) is 104 Å². The van der Waals surface area contributed by atoms with Gasteiger partial charge in [-0.1, -0.05) is 124 Å². The molecule has 0 aromatic heterocycles. The van der Waals surface area contributed by atoms with Gasteiger partial charge in [0.25, 0.3) is 0 Å². The van der Waals surface area contributed by atoms with Crippen LogP contribution < -0.4 is 22.9 Å². The van der Waals surface area contributed by atoms with E-state index in [9.17, 15) is 52.7 Å². The van der Waals surface area contributed by atoms with Crippen molar-refractivity contribution >= 4 is 69.9 Å². The Hall–Kier alpha value is -7.97. The Morgan fingerprint density at radius 2 is 0.708 bits per heavy atom. The van der Waals surface area contributed by atoms with Crippen molar-refractivity contribution in [2.75, 3.05) is 0 Å². The van der Waals surface area contributed by atoms with E-state index in [0.717, 1.165) is 22.3 Å². The number of hydrogen-bond donors (Lipinski definition) is 8. The lowest BCUT2D eigenvalue weighted by Gasteiger charge is -2.07. The van der Waals surface area contributed by atoms with Crippen LogP contribution in [0.1, 0.15) is 95.1 Å². The number of carbonyl (C=O) groups is 11. The number of hydrogen-bond acceptors (Lipinski definition) is 15. The smallest absolute Gasteiger partial charge is 0.320 e. The molecular weight excluding hydrogens is 933 g/mol. The first kappa shape index (κ1) is 62.0. The van der Waals surface area contributed by atoms with Crippen molar-refractivity contribution < 1.29 is 73.2 Å². The van der Waals surface area contributed by atoms with E-state index in [0.29, 0.717) is 27.8 Å². The van der Waals surface area contributed by atoms with Gasteiger partial charge in [-0.3, -0.25) is 52.7 Å². The fraction of sp³-hybridized carbons (Fsp3) is 0.302. The summed E-state index contributed by atoms with van der Waals surface area (Å²) in [5.74, 6) is -7.47. The molecular formula is C53H62N4O15. The minimum atomic E-state index is -1.07. The first-order valence-corrected chi connectivity index (χ1v) is 22.3. The molecule has 12 N–H and O–H groups in total. The summed E-state index contributed by atoms with van der Waals surface area (Å²) in [5, 5.41) is 34.7. The standard InChI is InChI=1S/C14H17NO4.2C13H15NO4.C13H15NO3/c1-8(2)12(16)13(17)10-5-3-9(4-6-10)7-11(15)14(18)19;1-8(15)12(16)7-10-4-2-9(3-5-10)6-11(14)13(17)18;1-2-11(15)12(16)9-5-3-8(4-6-9)7-10(14)13(17)18;1-8(9(2)15)11-5-3-10(4-6-11)7-12(14)13(16)17/h3-6,8,11H,7,15H2,1-2H3,(H,18,19);2-5,11H,6-7,14H2,1H3,(H,17,18);3-6,10H,2,7,14H2,1H3,(H,17,18);3-6,12H,1,7,14H2,2H3,(H,16,17)/t2*11-;10-;12-/m0000/s1. The highest BCUT2D eigenvalue weighted by Crippen LogP contribution is 2.16. The van der Waals surface area contributed by atoms with Crippen LogP contribution >= 0.6 is 0 Å². The molecule has 4 aromatic carbocycles. The monoisotopic (exact) mass is 994 g/mol. The van der Waals surface area contributed by atoms with Gasteiger partial charge in [0.1, 0.15) is 24.2 Å². The molecule has 384 valence electrons. The van der Waals surface area contributed by atoms with Gasteiger partial charge in [0.2, 0.25) is 28.9 Å². The zero-order valence-electron chi connectivity index (χ0n) is 40.7. The Labute approximate surface area is 416 Å². The van der Waals surface area contributed by atoms with Gasteiger partial charge in [0, 0.05) is 42.4 Å². The fourth-order valence-electron chi connectivity index (χ4n) is 5.82. The number of carboxylic acid groups (broad SMARTS) is 4. The van der Waals surface area contributed by atoms with Crippen LogP contribution in [0.3, 0.4) is 0 Å². The molecule has 0 aliphatic heterocycles. The van der Waals surface area contributed by atoms with Gasteiger partial charge in [-0.2, -0.15) is 0 Å². The van der Waals surface area contributed by atoms with E-state index in [1.807, 2.05) is 0 Å². The predicted octanol–water partition coefficient (Wildman–Crippen LogP) is 3.44. The molecule has 0 spiro atoms. The van der Waals surface area contributed by atoms with Crippen molar-refractivity contribution in [3.05, 3.63) is 148 Å². The van der Waals surface area contributed by atoms with E-state index in [2.05, 4.69) is 6.58 Å². The summed E-state index contributed by atoms with van der Waals surface area (Å²) in [6, 6.07) is 22.6. The lowest BCUT2D eigenvalue weighted by molar-refractivity contribution is -0.139. The molecule has 0 fully saturated rings. The molecule has 0 radical (unpaired) electrons. The quantitative estimate of drug-likeness (QED) is 0.0300.